The first-order valence-corrected chi connectivity index (χ1v) is 19.3. The summed E-state index contributed by atoms with van der Waals surface area (Å²) in [5.74, 6) is -3.68. The SMILES string of the molecule is C[C@H](CC(=O)[C@@H](Cc1c[nH]c2ccccc12)NC(=O)[C@@H](N)Cc1cnc[nH]1)C(=O)NN1CCCN([C@H](Cc2ccccc2)C(=O)N[C@@H](CCCCN)C(N)=O)C1=O. The van der Waals surface area contributed by atoms with E-state index in [1.165, 1.54) is 11.2 Å². The number of ketones is 1. The molecule has 5 atom stereocenters. The van der Waals surface area contributed by atoms with Crippen molar-refractivity contribution in [3.8, 4) is 0 Å². The number of rotatable bonds is 21. The summed E-state index contributed by atoms with van der Waals surface area (Å²) in [6.45, 7) is 2.37. The number of H-pyrrole nitrogens is 2. The van der Waals surface area contributed by atoms with Crippen LogP contribution in [0.15, 0.2) is 73.3 Å². The molecular weight excluding hydrogens is 731 g/mol. The number of urea groups is 1. The predicted molar refractivity (Wildman–Crippen MR) is 213 cm³/mol. The van der Waals surface area contributed by atoms with Crippen LogP contribution in [0.4, 0.5) is 4.79 Å². The smallest absolute Gasteiger partial charge is 0.339 e. The number of hydrogen-bond donors (Lipinski definition) is 8. The molecule has 304 valence electrons. The van der Waals surface area contributed by atoms with E-state index in [2.05, 4.69) is 31.0 Å². The van der Waals surface area contributed by atoms with Crippen LogP contribution in [0.5, 0.6) is 0 Å². The van der Waals surface area contributed by atoms with Crippen molar-refractivity contribution in [3.63, 3.8) is 0 Å². The molecule has 0 aliphatic carbocycles. The number of nitrogens with zero attached hydrogens (tertiary/aromatic N) is 3. The molecule has 2 aromatic heterocycles. The number of unbranched alkanes of at least 4 members (excludes halogenated alkanes) is 1. The maximum Gasteiger partial charge on any atom is 0.339 e. The van der Waals surface area contributed by atoms with E-state index in [4.69, 9.17) is 17.2 Å². The number of aromatic amines is 2. The maximum atomic E-state index is 14.0. The Morgan fingerprint density at radius 3 is 2.33 bits per heavy atom. The van der Waals surface area contributed by atoms with Gasteiger partial charge in [-0.2, -0.15) is 0 Å². The van der Waals surface area contributed by atoms with E-state index >= 15 is 0 Å². The standard InChI is InChI=1S/C40H53N11O6/c1-25(18-35(52)33(20-27-22-45-31-13-6-5-12-29(27)31)48-38(55)30(42)21-28-23-44-24-46-28)37(54)49-51-17-9-16-50(40(51)57)34(19-26-10-3-2-4-11-26)39(56)47-32(36(43)53)14-7-8-15-41/h2-6,10-13,22-25,30,32-34,45H,7-9,14-21,41-42H2,1H3,(H2,43,53)(H,44,46)(H,47,56)(H,48,55)(H,49,54)/t25-,30+,32+,33-,34-/m1/s1. The van der Waals surface area contributed by atoms with E-state index < -0.39 is 65.5 Å². The van der Waals surface area contributed by atoms with E-state index in [0.717, 1.165) is 27.0 Å². The molecule has 17 heteroatoms. The number of nitrogens with two attached hydrogens (primary N) is 3. The zero-order valence-electron chi connectivity index (χ0n) is 32.1. The Morgan fingerprint density at radius 1 is 0.877 bits per heavy atom. The van der Waals surface area contributed by atoms with Crippen LogP contribution >= 0.6 is 0 Å². The predicted octanol–water partition coefficient (Wildman–Crippen LogP) is 0.953. The molecule has 11 N–H and O–H groups in total. The topological polar surface area (TPSA) is 268 Å². The lowest BCUT2D eigenvalue weighted by molar-refractivity contribution is -0.134. The second-order valence-electron chi connectivity index (χ2n) is 14.5. The number of para-hydroxylation sites is 1. The number of fused-ring (bicyclic) bond motifs is 1. The zero-order valence-corrected chi connectivity index (χ0v) is 32.1. The van der Waals surface area contributed by atoms with E-state index in [1.54, 1.807) is 19.3 Å². The van der Waals surface area contributed by atoms with Crippen LogP contribution in [0, 0.1) is 5.92 Å². The summed E-state index contributed by atoms with van der Waals surface area (Å²) in [7, 11) is 0. The van der Waals surface area contributed by atoms with Crippen molar-refractivity contribution in [3.05, 3.63) is 90.1 Å². The van der Waals surface area contributed by atoms with Crippen molar-refractivity contribution < 1.29 is 28.8 Å². The highest BCUT2D eigenvalue weighted by Gasteiger charge is 2.38. The van der Waals surface area contributed by atoms with E-state index in [1.807, 2.05) is 54.6 Å². The summed E-state index contributed by atoms with van der Waals surface area (Å²) in [5, 5.41) is 7.58. The number of amides is 6. The van der Waals surface area contributed by atoms with Crippen LogP contribution in [-0.2, 0) is 43.2 Å². The highest BCUT2D eigenvalue weighted by molar-refractivity contribution is 5.95. The highest BCUT2D eigenvalue weighted by atomic mass is 16.2. The van der Waals surface area contributed by atoms with Crippen molar-refractivity contribution in [1.82, 2.24) is 40.9 Å². The number of nitrogens with one attached hydrogen (secondary N) is 5. The Bertz CT molecular complexity index is 1990. The Kier molecular flexibility index (Phi) is 14.9. The van der Waals surface area contributed by atoms with Gasteiger partial charge in [-0.25, -0.2) is 14.8 Å². The average molecular weight is 784 g/mol. The number of Topliss-reactive ketones (excluding diaryl/α,β-unsaturated/α-hetero) is 1. The Balaban J connectivity index is 1.27. The van der Waals surface area contributed by atoms with Gasteiger partial charge in [-0.15, -0.1) is 0 Å². The van der Waals surface area contributed by atoms with Crippen LogP contribution in [0.2, 0.25) is 0 Å². The van der Waals surface area contributed by atoms with Crippen molar-refractivity contribution >= 4 is 46.3 Å². The van der Waals surface area contributed by atoms with Crippen molar-refractivity contribution in [2.24, 2.45) is 23.1 Å². The lowest BCUT2D eigenvalue weighted by Crippen LogP contribution is -2.63. The molecule has 1 saturated heterocycles. The molecule has 1 aliphatic heterocycles. The minimum Gasteiger partial charge on any atom is -0.368 e. The van der Waals surface area contributed by atoms with Gasteiger partial charge in [0.25, 0.3) is 0 Å². The second kappa shape index (κ2) is 20.2. The molecule has 0 bridgehead atoms. The van der Waals surface area contributed by atoms with Gasteiger partial charge in [0.2, 0.25) is 23.6 Å². The Morgan fingerprint density at radius 2 is 1.61 bits per heavy atom. The second-order valence-corrected chi connectivity index (χ2v) is 14.5. The third-order valence-corrected chi connectivity index (χ3v) is 10.2. The van der Waals surface area contributed by atoms with E-state index in [-0.39, 0.29) is 38.8 Å². The summed E-state index contributed by atoms with van der Waals surface area (Å²) in [6, 6.07) is 12.2. The number of hydrazine groups is 1. The Hall–Kier alpha value is -6.07. The van der Waals surface area contributed by atoms with Crippen molar-refractivity contribution in [1.29, 1.82) is 0 Å². The van der Waals surface area contributed by atoms with Crippen molar-refractivity contribution in [2.45, 2.75) is 82.5 Å². The van der Waals surface area contributed by atoms with Gasteiger partial charge in [0.05, 0.1) is 18.4 Å². The minimum absolute atomic E-state index is 0.147. The Labute approximate surface area is 330 Å². The molecule has 2 aromatic carbocycles. The number of carbonyl (C=O) groups is 6. The quantitative estimate of drug-likeness (QED) is 0.0559. The lowest BCUT2D eigenvalue weighted by atomic mass is 9.94. The van der Waals surface area contributed by atoms with Gasteiger partial charge in [-0.1, -0.05) is 55.5 Å². The first kappa shape index (κ1) is 42.1. The van der Waals surface area contributed by atoms with Gasteiger partial charge in [0.1, 0.15) is 12.1 Å². The van der Waals surface area contributed by atoms with Crippen LogP contribution in [0.25, 0.3) is 10.9 Å². The monoisotopic (exact) mass is 783 g/mol. The van der Waals surface area contributed by atoms with Crippen LogP contribution < -0.4 is 33.3 Å². The fourth-order valence-corrected chi connectivity index (χ4v) is 6.92. The number of benzene rings is 2. The summed E-state index contributed by atoms with van der Waals surface area (Å²) in [4.78, 5) is 92.3. The summed E-state index contributed by atoms with van der Waals surface area (Å²) >= 11 is 0. The molecule has 0 spiro atoms. The third-order valence-electron chi connectivity index (χ3n) is 10.2. The number of hydrogen-bond acceptors (Lipinski definition) is 9. The average Bonchev–Trinajstić information content (AvgIpc) is 3.87. The zero-order chi connectivity index (χ0) is 40.9. The molecule has 1 fully saturated rings. The maximum absolute atomic E-state index is 14.0. The molecule has 17 nitrogen and oxygen atoms in total. The highest BCUT2D eigenvalue weighted by Crippen LogP contribution is 2.21. The normalized spacial score (nSPS) is 15.7. The van der Waals surface area contributed by atoms with Gasteiger partial charge in [0.15, 0.2) is 5.78 Å². The van der Waals surface area contributed by atoms with Crippen LogP contribution in [0.1, 0.15) is 55.8 Å². The lowest BCUT2D eigenvalue weighted by Gasteiger charge is -2.40. The van der Waals surface area contributed by atoms with Gasteiger partial charge < -0.3 is 42.7 Å². The summed E-state index contributed by atoms with van der Waals surface area (Å²) in [5.41, 5.74) is 23.2. The molecule has 57 heavy (non-hydrogen) atoms. The molecule has 1 aliphatic rings. The first-order valence-electron chi connectivity index (χ1n) is 19.3. The van der Waals surface area contributed by atoms with E-state index in [0.29, 0.717) is 37.9 Å². The van der Waals surface area contributed by atoms with Gasteiger partial charge >= 0.3 is 6.03 Å². The molecule has 5 rings (SSSR count). The summed E-state index contributed by atoms with van der Waals surface area (Å²) < 4.78 is 0. The molecule has 0 unspecified atom stereocenters. The molecule has 0 saturated carbocycles. The molecule has 6 amide bonds. The third kappa shape index (κ3) is 11.5. The largest absolute Gasteiger partial charge is 0.368 e. The number of aromatic nitrogens is 3. The minimum atomic E-state index is -1.02. The van der Waals surface area contributed by atoms with E-state index in [9.17, 15) is 28.8 Å². The number of primary amides is 1. The molecule has 4 aromatic rings. The molecular formula is C40H53N11O6. The van der Waals surface area contributed by atoms with Gasteiger partial charge in [0, 0.05) is 73.7 Å². The first-order chi connectivity index (χ1) is 27.4. The van der Waals surface area contributed by atoms with Gasteiger partial charge in [-0.3, -0.25) is 29.4 Å². The van der Waals surface area contributed by atoms with Crippen LogP contribution in [-0.4, -0.2) is 104 Å². The number of imidazole rings is 1. The van der Waals surface area contributed by atoms with Crippen LogP contribution in [0.3, 0.4) is 0 Å². The molecule has 3 heterocycles. The fourth-order valence-electron chi connectivity index (χ4n) is 6.92. The van der Waals surface area contributed by atoms with Crippen molar-refractivity contribution in [2.75, 3.05) is 19.6 Å². The molecule has 0 radical (unpaired) electrons. The fraction of sp³-hybridized carbons (Fsp3) is 0.425. The number of carbonyl (C=O) groups excluding carboxylic acids is 6. The summed E-state index contributed by atoms with van der Waals surface area (Å²) in [6.07, 6.45) is 7.00. The van der Waals surface area contributed by atoms with Gasteiger partial charge in [-0.05, 0) is 49.4 Å².